The molecule has 3 heteroatoms. The second-order valence-electron chi connectivity index (χ2n) is 2.71. The monoisotopic (exact) mass is 222 g/mol. The molecule has 66 valence electrons. The first-order valence-corrected chi connectivity index (χ1v) is 4.82. The number of rotatable bonds is 1. The normalized spacial score (nSPS) is 13.1. The van der Waals surface area contributed by atoms with E-state index < -0.39 is 0 Å². The largest absolute Gasteiger partial charge is 0.118 e. The molecule has 1 unspecified atom stereocenters. The van der Waals surface area contributed by atoms with Crippen molar-refractivity contribution in [2.24, 2.45) is 0 Å². The minimum Gasteiger partial charge on any atom is -0.118 e. The summed E-state index contributed by atoms with van der Waals surface area (Å²) in [5.41, 5.74) is 1.82. The first-order chi connectivity index (χ1) is 5.54. The fraction of sp³-hybridized carbons (Fsp3) is 0.333. The third-order valence-electron chi connectivity index (χ3n) is 1.72. The molecule has 0 aromatic heterocycles. The van der Waals surface area contributed by atoms with E-state index in [1.165, 1.54) is 0 Å². The molecule has 0 aliphatic carbocycles. The van der Waals surface area contributed by atoms with Gasteiger partial charge in [-0.2, -0.15) is 0 Å². The van der Waals surface area contributed by atoms with E-state index in [1.807, 2.05) is 26.0 Å². The highest BCUT2D eigenvalue weighted by molar-refractivity contribution is 6.38. The van der Waals surface area contributed by atoms with Crippen LogP contribution < -0.4 is 0 Å². The SMILES string of the molecule is Cc1ccc(Cl)c(C(C)Cl)c1Cl. The van der Waals surface area contributed by atoms with E-state index in [0.717, 1.165) is 11.1 Å². The Balaban J connectivity index is 3.33. The zero-order chi connectivity index (χ0) is 9.30. The lowest BCUT2D eigenvalue weighted by Crippen LogP contribution is -1.90. The van der Waals surface area contributed by atoms with Crippen LogP contribution in [0, 0.1) is 6.92 Å². The van der Waals surface area contributed by atoms with Crippen LogP contribution >= 0.6 is 34.8 Å². The highest BCUT2D eigenvalue weighted by Gasteiger charge is 2.12. The van der Waals surface area contributed by atoms with Crippen molar-refractivity contribution in [3.63, 3.8) is 0 Å². The summed E-state index contributed by atoms with van der Waals surface area (Å²) in [5.74, 6) is 0. The van der Waals surface area contributed by atoms with Crippen LogP contribution in [0.2, 0.25) is 10.0 Å². The van der Waals surface area contributed by atoms with E-state index in [2.05, 4.69) is 0 Å². The van der Waals surface area contributed by atoms with Gasteiger partial charge in [-0.05, 0) is 25.5 Å². The van der Waals surface area contributed by atoms with Crippen LogP contribution in [0.15, 0.2) is 12.1 Å². The molecule has 0 saturated carbocycles. The van der Waals surface area contributed by atoms with Crippen LogP contribution in [0.1, 0.15) is 23.4 Å². The average molecular weight is 224 g/mol. The average Bonchev–Trinajstić information content (AvgIpc) is 1.97. The number of halogens is 3. The third-order valence-corrected chi connectivity index (χ3v) is 2.77. The minimum absolute atomic E-state index is 0.148. The molecule has 12 heavy (non-hydrogen) atoms. The Kier molecular flexibility index (Phi) is 3.28. The van der Waals surface area contributed by atoms with Crippen molar-refractivity contribution in [3.05, 3.63) is 33.3 Å². The molecular weight excluding hydrogens is 214 g/mol. The highest BCUT2D eigenvalue weighted by atomic mass is 35.5. The Morgan fingerprint density at radius 2 is 1.83 bits per heavy atom. The van der Waals surface area contributed by atoms with Crippen molar-refractivity contribution < 1.29 is 0 Å². The lowest BCUT2D eigenvalue weighted by molar-refractivity contribution is 1.08. The maximum absolute atomic E-state index is 6.02. The number of aryl methyl sites for hydroxylation is 1. The summed E-state index contributed by atoms with van der Waals surface area (Å²) >= 11 is 17.9. The summed E-state index contributed by atoms with van der Waals surface area (Å²) in [4.78, 5) is 0. The molecule has 0 radical (unpaired) electrons. The van der Waals surface area contributed by atoms with E-state index in [9.17, 15) is 0 Å². The van der Waals surface area contributed by atoms with Crippen molar-refractivity contribution in [2.45, 2.75) is 19.2 Å². The molecule has 0 nitrogen and oxygen atoms in total. The van der Waals surface area contributed by atoms with Gasteiger partial charge in [-0.3, -0.25) is 0 Å². The second kappa shape index (κ2) is 3.87. The van der Waals surface area contributed by atoms with Gasteiger partial charge >= 0.3 is 0 Å². The van der Waals surface area contributed by atoms with Gasteiger partial charge in [0.1, 0.15) is 0 Å². The smallest absolute Gasteiger partial charge is 0.0586 e. The van der Waals surface area contributed by atoms with Crippen LogP contribution in [0.5, 0.6) is 0 Å². The fourth-order valence-electron chi connectivity index (χ4n) is 1.04. The molecule has 0 fully saturated rings. The molecule has 0 saturated heterocycles. The van der Waals surface area contributed by atoms with Gasteiger partial charge in [0.15, 0.2) is 0 Å². The Morgan fingerprint density at radius 1 is 1.25 bits per heavy atom. The minimum atomic E-state index is -0.148. The van der Waals surface area contributed by atoms with Gasteiger partial charge < -0.3 is 0 Å². The molecule has 0 N–H and O–H groups in total. The van der Waals surface area contributed by atoms with E-state index >= 15 is 0 Å². The topological polar surface area (TPSA) is 0 Å². The maximum Gasteiger partial charge on any atom is 0.0586 e. The molecular formula is C9H9Cl3. The molecule has 0 aliphatic rings. The lowest BCUT2D eigenvalue weighted by atomic mass is 10.1. The number of hydrogen-bond donors (Lipinski definition) is 0. The zero-order valence-electron chi connectivity index (χ0n) is 6.87. The predicted molar refractivity (Wildman–Crippen MR) is 55.5 cm³/mol. The molecule has 1 aromatic rings. The van der Waals surface area contributed by atoms with Crippen LogP contribution in [0.25, 0.3) is 0 Å². The van der Waals surface area contributed by atoms with Crippen LogP contribution in [-0.2, 0) is 0 Å². The van der Waals surface area contributed by atoms with Gasteiger partial charge in [0.25, 0.3) is 0 Å². The van der Waals surface area contributed by atoms with E-state index in [-0.39, 0.29) is 5.38 Å². The van der Waals surface area contributed by atoms with Crippen LogP contribution in [0.4, 0.5) is 0 Å². The van der Waals surface area contributed by atoms with Crippen molar-refractivity contribution in [2.75, 3.05) is 0 Å². The van der Waals surface area contributed by atoms with Crippen LogP contribution in [0.3, 0.4) is 0 Å². The summed E-state index contributed by atoms with van der Waals surface area (Å²) in [6.45, 7) is 3.79. The number of hydrogen-bond acceptors (Lipinski definition) is 0. The Labute approximate surface area is 87.4 Å². The predicted octanol–water partition coefficient (Wildman–Crippen LogP) is 4.60. The summed E-state index contributed by atoms with van der Waals surface area (Å²) in [5, 5.41) is 1.16. The van der Waals surface area contributed by atoms with Crippen molar-refractivity contribution in [1.29, 1.82) is 0 Å². The lowest BCUT2D eigenvalue weighted by Gasteiger charge is -2.10. The summed E-state index contributed by atoms with van der Waals surface area (Å²) in [6, 6.07) is 3.70. The summed E-state index contributed by atoms with van der Waals surface area (Å²) < 4.78 is 0. The van der Waals surface area contributed by atoms with Gasteiger partial charge in [-0.1, -0.05) is 29.3 Å². The maximum atomic E-state index is 6.02. The quantitative estimate of drug-likeness (QED) is 0.610. The van der Waals surface area contributed by atoms with Gasteiger partial charge in [0.05, 0.1) is 5.38 Å². The molecule has 0 aliphatic heterocycles. The van der Waals surface area contributed by atoms with E-state index in [1.54, 1.807) is 0 Å². The second-order valence-corrected chi connectivity index (χ2v) is 4.15. The molecule has 0 bridgehead atoms. The molecule has 0 heterocycles. The van der Waals surface area contributed by atoms with E-state index in [0.29, 0.717) is 10.0 Å². The first kappa shape index (κ1) is 10.2. The number of benzene rings is 1. The summed E-state index contributed by atoms with van der Waals surface area (Å²) in [6.07, 6.45) is 0. The third kappa shape index (κ3) is 1.87. The number of alkyl halides is 1. The van der Waals surface area contributed by atoms with Gasteiger partial charge in [0, 0.05) is 15.6 Å². The molecule has 1 atom stereocenters. The zero-order valence-corrected chi connectivity index (χ0v) is 9.13. The molecule has 1 rings (SSSR count). The Morgan fingerprint density at radius 3 is 2.25 bits per heavy atom. The van der Waals surface area contributed by atoms with Crippen LogP contribution in [-0.4, -0.2) is 0 Å². The van der Waals surface area contributed by atoms with Gasteiger partial charge in [-0.15, -0.1) is 11.6 Å². The standard InChI is InChI=1S/C9H9Cl3/c1-5-3-4-7(11)8(6(2)10)9(5)12/h3-4,6H,1-2H3. The van der Waals surface area contributed by atoms with E-state index in [4.69, 9.17) is 34.8 Å². The molecule has 0 spiro atoms. The summed E-state index contributed by atoms with van der Waals surface area (Å²) in [7, 11) is 0. The van der Waals surface area contributed by atoms with Gasteiger partial charge in [-0.25, -0.2) is 0 Å². The Hall–Kier alpha value is 0.0900. The highest BCUT2D eigenvalue weighted by Crippen LogP contribution is 2.35. The molecule has 1 aromatic carbocycles. The first-order valence-electron chi connectivity index (χ1n) is 3.62. The van der Waals surface area contributed by atoms with Crippen molar-refractivity contribution in [1.82, 2.24) is 0 Å². The van der Waals surface area contributed by atoms with Gasteiger partial charge in [0.2, 0.25) is 0 Å². The van der Waals surface area contributed by atoms with Crippen molar-refractivity contribution >= 4 is 34.8 Å². The van der Waals surface area contributed by atoms with Crippen molar-refractivity contribution in [3.8, 4) is 0 Å². The molecule has 0 amide bonds. The fourth-order valence-corrected chi connectivity index (χ4v) is 2.08. The Bertz CT molecular complexity index is 292.